The fourth-order valence-electron chi connectivity index (χ4n) is 11.0. The van der Waals surface area contributed by atoms with E-state index in [1.54, 1.807) is 23.0 Å². The van der Waals surface area contributed by atoms with Crippen LogP contribution in [0.15, 0.2) is 48.7 Å². The van der Waals surface area contributed by atoms with Crippen molar-refractivity contribution < 1.29 is 32.7 Å². The molecule has 3 atom stereocenters. The Kier molecular flexibility index (Phi) is 12.7. The van der Waals surface area contributed by atoms with E-state index in [2.05, 4.69) is 55.2 Å². The molecule has 0 radical (unpaired) electrons. The number of pyridine rings is 1. The number of imide groups is 1. The van der Waals surface area contributed by atoms with Crippen LogP contribution in [0, 0.1) is 30.4 Å². The summed E-state index contributed by atoms with van der Waals surface area (Å²) in [6.45, 7) is 11.8. The highest BCUT2D eigenvalue weighted by molar-refractivity contribution is 6.05. The molecule has 5 aliphatic heterocycles. The molecule has 2 bridgehead atoms. The van der Waals surface area contributed by atoms with E-state index >= 15 is 8.78 Å². The number of piperazine rings is 1. The Bertz CT molecular complexity index is 2740. The molecule has 8 heterocycles. The zero-order valence-corrected chi connectivity index (χ0v) is 39.0. The number of ether oxygens (including phenoxy) is 1. The van der Waals surface area contributed by atoms with Gasteiger partial charge in [-0.1, -0.05) is 13.0 Å². The highest BCUT2D eigenvalue weighted by atomic mass is 19.1. The number of aryl methyl sites for hydroxylation is 2. The first-order valence-corrected chi connectivity index (χ1v) is 24.1. The average molecular weight is 932 g/mol. The fraction of sp³-hybridized carbons (Fsp3) is 0.500. The van der Waals surface area contributed by atoms with Crippen molar-refractivity contribution in [1.82, 2.24) is 44.3 Å². The van der Waals surface area contributed by atoms with Gasteiger partial charge in [-0.25, -0.2) is 18.4 Å². The standard InChI is InChI=1S/C50H59F2N11O5/c1-30-5-4-20-68-49-38(26-53-58(49)3)42-23-34(21-31(2)54-42)46(65)57-50-55-41-8-6-32(22-43(41)63(50)27-30)28-59-13-11-35(12-14-59)60-16-18-61(19-17-60)48(67)33-10-15-62(29-33)36-24-39(51)45(40(52)25-36)37-7-9-44(64)56-47(37)66/h6,8,21-26,30,33,35,37H,4-5,7,9-20,27-29H2,1-3H3,(H,55,57,65)(H,56,64,66)/t30-,33-,37-/m1/s1. The molecule has 4 fully saturated rings. The van der Waals surface area contributed by atoms with E-state index in [1.165, 1.54) is 17.7 Å². The molecule has 0 spiro atoms. The van der Waals surface area contributed by atoms with Gasteiger partial charge in [-0.15, -0.1) is 0 Å². The monoisotopic (exact) mass is 931 g/mol. The van der Waals surface area contributed by atoms with Gasteiger partial charge in [0.25, 0.3) is 5.91 Å². The summed E-state index contributed by atoms with van der Waals surface area (Å²) in [6.07, 6.45) is 6.27. The van der Waals surface area contributed by atoms with Crippen LogP contribution in [0.5, 0.6) is 5.88 Å². The van der Waals surface area contributed by atoms with Crippen molar-refractivity contribution >= 4 is 46.3 Å². The molecule has 10 rings (SSSR count). The third-order valence-corrected chi connectivity index (χ3v) is 14.6. The van der Waals surface area contributed by atoms with Crippen LogP contribution in [-0.2, 0) is 34.5 Å². The number of benzene rings is 2. The van der Waals surface area contributed by atoms with Crippen LogP contribution in [0.2, 0.25) is 0 Å². The van der Waals surface area contributed by atoms with Crippen LogP contribution >= 0.6 is 0 Å². The van der Waals surface area contributed by atoms with Crippen molar-refractivity contribution in [2.45, 2.75) is 83.8 Å². The van der Waals surface area contributed by atoms with Gasteiger partial charge in [-0.2, -0.15) is 5.10 Å². The molecular formula is C50H59F2N11O5. The third-order valence-electron chi connectivity index (χ3n) is 14.6. The minimum Gasteiger partial charge on any atom is -0.477 e. The predicted octanol–water partition coefficient (Wildman–Crippen LogP) is 5.63. The molecule has 0 aliphatic carbocycles. The van der Waals surface area contributed by atoms with Crippen LogP contribution in [0.25, 0.3) is 22.3 Å². The first-order valence-electron chi connectivity index (χ1n) is 24.1. The molecule has 5 aromatic rings. The number of rotatable bonds is 6. The van der Waals surface area contributed by atoms with Gasteiger partial charge in [-0.05, 0) is 106 Å². The molecule has 2 aromatic carbocycles. The van der Waals surface area contributed by atoms with Crippen molar-refractivity contribution in [2.75, 3.05) is 69.2 Å². The summed E-state index contributed by atoms with van der Waals surface area (Å²) in [7, 11) is 1.85. The van der Waals surface area contributed by atoms with Gasteiger partial charge in [0.2, 0.25) is 29.5 Å². The van der Waals surface area contributed by atoms with E-state index in [9.17, 15) is 19.2 Å². The van der Waals surface area contributed by atoms with Crippen molar-refractivity contribution in [2.24, 2.45) is 18.9 Å². The van der Waals surface area contributed by atoms with E-state index in [1.807, 2.05) is 23.8 Å². The minimum absolute atomic E-state index is 0.0301. The van der Waals surface area contributed by atoms with Gasteiger partial charge in [0, 0.05) is 94.4 Å². The number of imidazole rings is 1. The maximum absolute atomic E-state index is 15.3. The molecule has 4 saturated heterocycles. The first kappa shape index (κ1) is 45.5. The van der Waals surface area contributed by atoms with Gasteiger partial charge >= 0.3 is 0 Å². The maximum atomic E-state index is 15.3. The molecule has 5 aliphatic rings. The lowest BCUT2D eigenvalue weighted by atomic mass is 9.89. The number of halogens is 2. The van der Waals surface area contributed by atoms with E-state index in [0.717, 1.165) is 75.0 Å². The number of amides is 4. The second-order valence-corrected chi connectivity index (χ2v) is 19.4. The molecule has 0 saturated carbocycles. The molecule has 68 heavy (non-hydrogen) atoms. The number of hydrogen-bond acceptors (Lipinski definition) is 11. The van der Waals surface area contributed by atoms with E-state index in [0.29, 0.717) is 86.3 Å². The summed E-state index contributed by atoms with van der Waals surface area (Å²) in [5.74, 6) is -2.81. The molecular weight excluding hydrogens is 873 g/mol. The van der Waals surface area contributed by atoms with E-state index in [-0.39, 0.29) is 42.1 Å². The topological polar surface area (TPSA) is 163 Å². The van der Waals surface area contributed by atoms with Crippen molar-refractivity contribution in [1.29, 1.82) is 0 Å². The Balaban J connectivity index is 0.735. The molecule has 0 unspecified atom stereocenters. The Labute approximate surface area is 394 Å². The summed E-state index contributed by atoms with van der Waals surface area (Å²) in [6, 6.07) is 12.9. The van der Waals surface area contributed by atoms with Gasteiger partial charge in [-0.3, -0.25) is 44.6 Å². The quantitative estimate of drug-likeness (QED) is 0.203. The van der Waals surface area contributed by atoms with Gasteiger partial charge < -0.3 is 19.1 Å². The number of likely N-dealkylation sites (tertiary alicyclic amines) is 1. The third kappa shape index (κ3) is 9.31. The number of hydrogen-bond donors (Lipinski definition) is 2. The van der Waals surface area contributed by atoms with Gasteiger partial charge in [0.15, 0.2) is 0 Å². The lowest BCUT2D eigenvalue weighted by Gasteiger charge is -2.43. The molecule has 18 heteroatoms. The van der Waals surface area contributed by atoms with Crippen LogP contribution in [0.3, 0.4) is 0 Å². The second-order valence-electron chi connectivity index (χ2n) is 19.4. The number of anilines is 2. The van der Waals surface area contributed by atoms with Crippen molar-refractivity contribution in [3.05, 3.63) is 82.7 Å². The molecule has 358 valence electrons. The summed E-state index contributed by atoms with van der Waals surface area (Å²) in [5, 5.41) is 9.73. The number of fused-ring (bicyclic) bond motifs is 7. The lowest BCUT2D eigenvalue weighted by molar-refractivity contribution is -0.137. The molecule has 4 amide bonds. The average Bonchev–Trinajstić information content (AvgIpc) is 4.05. The minimum atomic E-state index is -1.05. The number of carbonyl (C=O) groups is 4. The molecule has 16 nitrogen and oxygen atoms in total. The SMILES string of the molecule is Cc1cc2cc(n1)-c1cnn(C)c1OCCC[C@@H](C)Cn1c(nc3ccc(CN4CCC(N5CCN(C(=O)[C@@H]6CCN(c7cc(F)c([C@H]8CCC(=O)NC8=O)c(F)c7)C6)CC5)CC4)cc31)NC2=O. The van der Waals surface area contributed by atoms with Crippen molar-refractivity contribution in [3.8, 4) is 17.1 Å². The first-order chi connectivity index (χ1) is 32.8. The summed E-state index contributed by atoms with van der Waals surface area (Å²) in [4.78, 5) is 70.0. The van der Waals surface area contributed by atoms with Crippen LogP contribution in [-0.4, -0.2) is 128 Å². The lowest BCUT2D eigenvalue weighted by Crippen LogP contribution is -2.55. The molecule has 3 aromatic heterocycles. The Hall–Kier alpha value is -6.27. The summed E-state index contributed by atoms with van der Waals surface area (Å²) >= 11 is 0. The van der Waals surface area contributed by atoms with Gasteiger partial charge in [0.1, 0.15) is 11.6 Å². The molecule has 2 N–H and O–H groups in total. The van der Waals surface area contributed by atoms with E-state index in [4.69, 9.17) is 14.7 Å². The normalized spacial score (nSPS) is 22.5. The zero-order valence-electron chi connectivity index (χ0n) is 39.0. The largest absolute Gasteiger partial charge is 0.477 e. The fourth-order valence-corrected chi connectivity index (χ4v) is 11.0. The van der Waals surface area contributed by atoms with Crippen LogP contribution in [0.1, 0.15) is 85.0 Å². The highest BCUT2D eigenvalue weighted by Crippen LogP contribution is 2.35. The number of piperidine rings is 2. The number of aromatic nitrogens is 5. The Morgan fingerprint density at radius 1 is 0.868 bits per heavy atom. The number of nitrogens with zero attached hydrogens (tertiary/aromatic N) is 9. The van der Waals surface area contributed by atoms with Crippen molar-refractivity contribution in [3.63, 3.8) is 0 Å². The highest BCUT2D eigenvalue weighted by Gasteiger charge is 2.37. The second kappa shape index (κ2) is 19.0. The smallest absolute Gasteiger partial charge is 0.258 e. The number of nitrogens with one attached hydrogen (secondary N) is 2. The van der Waals surface area contributed by atoms with Gasteiger partial charge in [0.05, 0.1) is 46.9 Å². The predicted molar refractivity (Wildman–Crippen MR) is 251 cm³/mol. The van der Waals surface area contributed by atoms with Crippen LogP contribution in [0.4, 0.5) is 20.4 Å². The zero-order chi connectivity index (χ0) is 47.2. The maximum Gasteiger partial charge on any atom is 0.258 e. The Morgan fingerprint density at radius 3 is 2.41 bits per heavy atom. The van der Waals surface area contributed by atoms with E-state index < -0.39 is 29.4 Å². The summed E-state index contributed by atoms with van der Waals surface area (Å²) in [5.41, 5.74) is 5.62. The Morgan fingerprint density at radius 2 is 1.65 bits per heavy atom. The number of carbonyl (C=O) groups excluding carboxylic acids is 4. The van der Waals surface area contributed by atoms with Crippen LogP contribution < -0.4 is 20.3 Å². The summed E-state index contributed by atoms with van der Waals surface area (Å²) < 4.78 is 40.7.